The molecule has 1 aliphatic rings. The van der Waals surface area contributed by atoms with E-state index >= 15 is 0 Å². The molecule has 5 rings (SSSR count). The molecule has 1 aliphatic carbocycles. The van der Waals surface area contributed by atoms with E-state index in [1.807, 2.05) is 6.33 Å². The summed E-state index contributed by atoms with van der Waals surface area (Å²) in [6.07, 6.45) is 5.68. The molecule has 3 N–H and O–H groups in total. The molecule has 8 nitrogen and oxygen atoms in total. The smallest absolute Gasteiger partial charge is 0.227 e. The van der Waals surface area contributed by atoms with Crippen molar-refractivity contribution in [3.05, 3.63) is 53.0 Å². The molecule has 0 atom stereocenters. The van der Waals surface area contributed by atoms with Crippen LogP contribution in [0, 0.1) is 0 Å². The van der Waals surface area contributed by atoms with E-state index in [-0.39, 0.29) is 24.0 Å². The van der Waals surface area contributed by atoms with Crippen molar-refractivity contribution < 1.29 is 4.79 Å². The lowest BCUT2D eigenvalue weighted by Gasteiger charge is -2.29. The second-order valence-corrected chi connectivity index (χ2v) is 10.6. The maximum atomic E-state index is 11.4. The molecule has 1 saturated carbocycles. The Hall–Kier alpha value is -3.46. The number of rotatable bonds is 8. The number of imidazole rings is 1. The van der Waals surface area contributed by atoms with Gasteiger partial charge in [0.05, 0.1) is 6.33 Å². The van der Waals surface area contributed by atoms with E-state index in [9.17, 15) is 4.79 Å². The third-order valence-corrected chi connectivity index (χ3v) is 7.37. The van der Waals surface area contributed by atoms with Gasteiger partial charge in [0.1, 0.15) is 0 Å². The number of carbonyl (C=O) groups is 1. The number of fused-ring (bicyclic) bond motifs is 1. The Kier molecular flexibility index (Phi) is 7.18. The summed E-state index contributed by atoms with van der Waals surface area (Å²) in [6.45, 7) is 6.48. The molecule has 0 unspecified atom stereocenters. The van der Waals surface area contributed by atoms with Crippen LogP contribution in [0.5, 0.6) is 0 Å². The average molecular weight is 504 g/mol. The predicted molar refractivity (Wildman–Crippen MR) is 146 cm³/mol. The molecule has 3 aromatic heterocycles. The molecule has 1 aromatic carbocycles. The fourth-order valence-corrected chi connectivity index (χ4v) is 5.47. The lowest BCUT2D eigenvalue weighted by atomic mass is 9.91. The van der Waals surface area contributed by atoms with E-state index in [4.69, 9.17) is 9.97 Å². The number of nitrogens with zero attached hydrogens (tertiary/aromatic N) is 4. The van der Waals surface area contributed by atoms with Gasteiger partial charge in [-0.3, -0.25) is 4.79 Å². The first-order valence-corrected chi connectivity index (χ1v) is 13.5. The largest absolute Gasteiger partial charge is 0.364 e. The van der Waals surface area contributed by atoms with Gasteiger partial charge in [0.15, 0.2) is 17.0 Å². The van der Waals surface area contributed by atoms with Gasteiger partial charge in [0, 0.05) is 31.6 Å². The molecule has 9 heteroatoms. The van der Waals surface area contributed by atoms with Crippen molar-refractivity contribution in [2.45, 2.75) is 71.1 Å². The number of amides is 1. The average Bonchev–Trinajstić information content (AvgIpc) is 3.54. The van der Waals surface area contributed by atoms with Crippen molar-refractivity contribution in [3.63, 3.8) is 0 Å². The lowest BCUT2D eigenvalue weighted by Crippen LogP contribution is -2.39. The Morgan fingerprint density at radius 2 is 1.92 bits per heavy atom. The van der Waals surface area contributed by atoms with Gasteiger partial charge in [-0.15, -0.1) is 0 Å². The Morgan fingerprint density at radius 3 is 2.64 bits per heavy atom. The summed E-state index contributed by atoms with van der Waals surface area (Å²) in [4.78, 5) is 25.7. The Labute approximate surface area is 215 Å². The summed E-state index contributed by atoms with van der Waals surface area (Å²) < 4.78 is 2.08. The molecule has 36 heavy (non-hydrogen) atoms. The molecule has 4 aromatic rings. The molecule has 0 saturated heterocycles. The van der Waals surface area contributed by atoms with E-state index in [1.54, 1.807) is 18.3 Å². The zero-order valence-corrected chi connectivity index (χ0v) is 21.8. The van der Waals surface area contributed by atoms with Gasteiger partial charge in [-0.25, -0.2) is 4.98 Å². The zero-order valence-electron chi connectivity index (χ0n) is 21.0. The van der Waals surface area contributed by atoms with Crippen LogP contribution in [0.4, 0.5) is 11.8 Å². The maximum Gasteiger partial charge on any atom is 0.227 e. The number of benzene rings is 1. The van der Waals surface area contributed by atoms with Crippen LogP contribution in [0.2, 0.25) is 0 Å². The molecular formula is C27H33N7OS. The topological polar surface area (TPSA) is 96.8 Å². The van der Waals surface area contributed by atoms with Crippen LogP contribution in [-0.4, -0.2) is 37.5 Å². The van der Waals surface area contributed by atoms with Crippen molar-refractivity contribution in [1.29, 1.82) is 0 Å². The zero-order chi connectivity index (χ0) is 25.1. The number of hydrogen-bond donors (Lipinski definition) is 3. The minimum atomic E-state index is 0.0405. The van der Waals surface area contributed by atoms with Crippen LogP contribution < -0.4 is 16.0 Å². The van der Waals surface area contributed by atoms with Crippen LogP contribution in [0.15, 0.2) is 47.4 Å². The molecule has 188 valence electrons. The first kappa shape index (κ1) is 24.2. The third kappa shape index (κ3) is 5.51. The summed E-state index contributed by atoms with van der Waals surface area (Å²) in [5.74, 6) is 1.39. The molecule has 0 bridgehead atoms. The van der Waals surface area contributed by atoms with Gasteiger partial charge >= 0.3 is 0 Å². The van der Waals surface area contributed by atoms with Crippen molar-refractivity contribution >= 4 is 40.2 Å². The summed E-state index contributed by atoms with van der Waals surface area (Å²) in [6, 6.07) is 11.5. The second kappa shape index (κ2) is 10.7. The summed E-state index contributed by atoms with van der Waals surface area (Å²) in [5.41, 5.74) is 5.23. The van der Waals surface area contributed by atoms with E-state index in [2.05, 4.69) is 80.4 Å². The number of anilines is 2. The molecule has 0 spiro atoms. The van der Waals surface area contributed by atoms with Gasteiger partial charge in [-0.1, -0.05) is 18.2 Å². The van der Waals surface area contributed by atoms with E-state index in [0.717, 1.165) is 42.7 Å². The molecular weight excluding hydrogens is 470 g/mol. The Balaban J connectivity index is 1.35. The molecule has 0 aliphatic heterocycles. The van der Waals surface area contributed by atoms with Gasteiger partial charge in [0.2, 0.25) is 11.9 Å². The van der Waals surface area contributed by atoms with Crippen LogP contribution in [0.1, 0.15) is 58.1 Å². The second-order valence-electron chi connectivity index (χ2n) is 9.77. The quantitative estimate of drug-likeness (QED) is 0.289. The normalized spacial score (nSPS) is 17.9. The third-order valence-electron chi connectivity index (χ3n) is 6.69. The monoisotopic (exact) mass is 503 g/mol. The first-order chi connectivity index (χ1) is 17.5. The van der Waals surface area contributed by atoms with Gasteiger partial charge in [-0.2, -0.15) is 21.3 Å². The lowest BCUT2D eigenvalue weighted by molar-refractivity contribution is -0.119. The van der Waals surface area contributed by atoms with Crippen LogP contribution in [0.25, 0.3) is 22.3 Å². The van der Waals surface area contributed by atoms with Gasteiger partial charge in [-0.05, 0) is 79.1 Å². The fourth-order valence-electron chi connectivity index (χ4n) is 4.81. The van der Waals surface area contributed by atoms with Crippen LogP contribution >= 0.6 is 11.3 Å². The number of nitrogens with one attached hydrogen (secondary N) is 3. The standard InChI is InChI=1S/C27H33N7OS/c1-17(2)34-16-29-24-25(28-14-19-5-4-6-20(13-19)21-11-12-36-15-21)32-27(33-26(24)34)31-23-9-7-22(8-10-23)30-18(3)35/h4-6,11-13,15-17,22-23H,7-10,14H2,1-3H3,(H,30,35)(H2,28,31,32,33). The van der Waals surface area contributed by atoms with Gasteiger partial charge in [0.25, 0.3) is 0 Å². The van der Waals surface area contributed by atoms with Crippen LogP contribution in [-0.2, 0) is 11.3 Å². The SMILES string of the molecule is CC(=O)NC1CCC(Nc2nc(NCc3cccc(-c4ccsc4)c3)c3ncn(C(C)C)c3n2)CC1. The Bertz CT molecular complexity index is 1320. The molecule has 0 radical (unpaired) electrons. The van der Waals surface area contributed by atoms with Crippen molar-refractivity contribution in [3.8, 4) is 11.1 Å². The highest BCUT2D eigenvalue weighted by Crippen LogP contribution is 2.27. The number of thiophene rings is 1. The first-order valence-electron chi connectivity index (χ1n) is 12.6. The minimum Gasteiger partial charge on any atom is -0.364 e. The van der Waals surface area contributed by atoms with Gasteiger partial charge < -0.3 is 20.5 Å². The van der Waals surface area contributed by atoms with Crippen LogP contribution in [0.3, 0.4) is 0 Å². The molecule has 1 amide bonds. The summed E-state index contributed by atoms with van der Waals surface area (Å²) >= 11 is 1.71. The number of aromatic nitrogens is 4. The predicted octanol–water partition coefficient (Wildman–Crippen LogP) is 5.61. The minimum absolute atomic E-state index is 0.0405. The summed E-state index contributed by atoms with van der Waals surface area (Å²) in [7, 11) is 0. The highest BCUT2D eigenvalue weighted by atomic mass is 32.1. The molecule has 1 fully saturated rings. The number of carbonyl (C=O) groups excluding carboxylic acids is 1. The van der Waals surface area contributed by atoms with Crippen molar-refractivity contribution in [1.82, 2.24) is 24.8 Å². The van der Waals surface area contributed by atoms with E-state index in [1.165, 1.54) is 16.7 Å². The highest BCUT2D eigenvalue weighted by Gasteiger charge is 2.23. The molecule has 3 heterocycles. The van der Waals surface area contributed by atoms with E-state index in [0.29, 0.717) is 12.5 Å². The Morgan fingerprint density at radius 1 is 1.11 bits per heavy atom. The van der Waals surface area contributed by atoms with Crippen molar-refractivity contribution in [2.75, 3.05) is 10.6 Å². The fraction of sp³-hybridized carbons (Fsp3) is 0.407. The van der Waals surface area contributed by atoms with Crippen molar-refractivity contribution in [2.24, 2.45) is 0 Å². The summed E-state index contributed by atoms with van der Waals surface area (Å²) in [5, 5.41) is 14.4. The van der Waals surface area contributed by atoms with E-state index < -0.39 is 0 Å². The maximum absolute atomic E-state index is 11.4. The number of hydrogen-bond acceptors (Lipinski definition) is 7. The highest BCUT2D eigenvalue weighted by molar-refractivity contribution is 7.08.